The van der Waals surface area contributed by atoms with Crippen molar-refractivity contribution in [1.29, 1.82) is 0 Å². The third-order valence-electron chi connectivity index (χ3n) is 3.30. The number of nitrogens with two attached hydrogens (primary N) is 1. The van der Waals surface area contributed by atoms with Crippen LogP contribution in [0.25, 0.3) is 0 Å². The van der Waals surface area contributed by atoms with E-state index in [0.29, 0.717) is 5.02 Å². The number of anilines is 1. The molecule has 1 aromatic rings. The molecule has 0 amide bonds. The Balaban J connectivity index is 2.34. The zero-order chi connectivity index (χ0) is 15.2. The van der Waals surface area contributed by atoms with E-state index in [4.69, 9.17) is 22.5 Å². The Kier molecular flexibility index (Phi) is 6.62. The van der Waals surface area contributed by atoms with Crippen LogP contribution in [0.3, 0.4) is 0 Å². The molecule has 0 spiro atoms. The second kappa shape index (κ2) is 7.74. The van der Waals surface area contributed by atoms with Crippen LogP contribution in [0.1, 0.15) is 33.1 Å². The second-order valence-corrected chi connectivity index (χ2v) is 6.55. The number of hydrogen-bond acceptors (Lipinski definition) is 3. The molecule has 0 aliphatic rings. The molecule has 0 fully saturated rings. The molecule has 0 atom stereocenters. The minimum Gasteiger partial charge on any atom is -0.409 e. The van der Waals surface area contributed by atoms with Gasteiger partial charge in [0.2, 0.25) is 0 Å². The predicted octanol–water partition coefficient (Wildman–Crippen LogP) is 4.46. The average Bonchev–Trinajstić information content (AvgIpc) is 2.41. The first-order chi connectivity index (χ1) is 9.38. The predicted molar refractivity (Wildman–Crippen MR) is 88.7 cm³/mol. The third kappa shape index (κ3) is 4.87. The van der Waals surface area contributed by atoms with Crippen LogP contribution in [-0.4, -0.2) is 17.6 Å². The first-order valence-electron chi connectivity index (χ1n) is 6.54. The standard InChI is InChI=1S/C14H21BrClN3O/c1-14(2,13(17)19-20)8-3-4-9-18-11-7-5-6-10(16)12(11)15/h5-7,18,20H,3-4,8-9H2,1-2H3,(H2,17,19). The molecule has 1 rings (SSSR count). The summed E-state index contributed by atoms with van der Waals surface area (Å²) in [6.45, 7) is 4.80. The van der Waals surface area contributed by atoms with E-state index in [9.17, 15) is 0 Å². The minimum absolute atomic E-state index is 0.272. The van der Waals surface area contributed by atoms with Gasteiger partial charge in [0.1, 0.15) is 5.84 Å². The van der Waals surface area contributed by atoms with Crippen LogP contribution in [0.5, 0.6) is 0 Å². The summed E-state index contributed by atoms with van der Waals surface area (Å²) in [7, 11) is 0. The Morgan fingerprint density at radius 2 is 2.15 bits per heavy atom. The Bertz CT molecular complexity index is 477. The highest BCUT2D eigenvalue weighted by atomic mass is 79.9. The topological polar surface area (TPSA) is 70.6 Å². The molecule has 4 nitrogen and oxygen atoms in total. The van der Waals surface area contributed by atoms with Gasteiger partial charge < -0.3 is 16.3 Å². The summed E-state index contributed by atoms with van der Waals surface area (Å²) in [6, 6.07) is 5.74. The lowest BCUT2D eigenvalue weighted by Crippen LogP contribution is -2.31. The molecule has 0 saturated carbocycles. The summed E-state index contributed by atoms with van der Waals surface area (Å²) in [5.41, 5.74) is 6.38. The summed E-state index contributed by atoms with van der Waals surface area (Å²) >= 11 is 9.48. The molecule has 0 bridgehead atoms. The molecule has 6 heteroatoms. The Labute approximate surface area is 133 Å². The number of unbranched alkanes of at least 4 members (excludes halogenated alkanes) is 1. The summed E-state index contributed by atoms with van der Waals surface area (Å²) in [5, 5.41) is 15.8. The molecule has 0 aromatic heterocycles. The van der Waals surface area contributed by atoms with Crippen molar-refractivity contribution in [2.75, 3.05) is 11.9 Å². The number of amidine groups is 1. The van der Waals surface area contributed by atoms with Crippen LogP contribution in [0, 0.1) is 5.41 Å². The van der Waals surface area contributed by atoms with Gasteiger partial charge in [-0.05, 0) is 40.9 Å². The lowest BCUT2D eigenvalue weighted by atomic mass is 9.86. The average molecular weight is 363 g/mol. The smallest absolute Gasteiger partial charge is 0.144 e. The van der Waals surface area contributed by atoms with Gasteiger partial charge in [0.05, 0.1) is 9.50 Å². The molecule has 0 saturated heterocycles. The van der Waals surface area contributed by atoms with Gasteiger partial charge in [-0.3, -0.25) is 0 Å². The zero-order valence-corrected chi connectivity index (χ0v) is 14.1. The molecule has 0 radical (unpaired) electrons. The van der Waals surface area contributed by atoms with Crippen molar-refractivity contribution in [3.05, 3.63) is 27.7 Å². The van der Waals surface area contributed by atoms with Gasteiger partial charge in [-0.2, -0.15) is 0 Å². The third-order valence-corrected chi connectivity index (χ3v) is 4.69. The molecule has 20 heavy (non-hydrogen) atoms. The number of rotatable bonds is 7. The van der Waals surface area contributed by atoms with Crippen molar-refractivity contribution in [3.8, 4) is 0 Å². The molecular weight excluding hydrogens is 342 g/mol. The lowest BCUT2D eigenvalue weighted by Gasteiger charge is -2.22. The van der Waals surface area contributed by atoms with Crippen molar-refractivity contribution in [2.24, 2.45) is 16.3 Å². The fourth-order valence-corrected chi connectivity index (χ4v) is 2.40. The fraction of sp³-hybridized carbons (Fsp3) is 0.500. The summed E-state index contributed by atoms with van der Waals surface area (Å²) in [4.78, 5) is 0. The van der Waals surface area contributed by atoms with E-state index in [1.54, 1.807) is 0 Å². The van der Waals surface area contributed by atoms with Gasteiger partial charge in [-0.25, -0.2) is 0 Å². The maximum Gasteiger partial charge on any atom is 0.144 e. The maximum atomic E-state index is 8.71. The molecule has 1 aromatic carbocycles. The van der Waals surface area contributed by atoms with Gasteiger partial charge in [0.25, 0.3) is 0 Å². The molecule has 0 aliphatic carbocycles. The van der Waals surface area contributed by atoms with Gasteiger partial charge >= 0.3 is 0 Å². The Morgan fingerprint density at radius 3 is 2.80 bits per heavy atom. The lowest BCUT2D eigenvalue weighted by molar-refractivity contribution is 0.304. The SMILES string of the molecule is CC(C)(CCCCNc1cccc(Cl)c1Br)/C(N)=N/O. The van der Waals surface area contributed by atoms with E-state index < -0.39 is 0 Å². The highest BCUT2D eigenvalue weighted by Crippen LogP contribution is 2.30. The van der Waals surface area contributed by atoms with Crippen molar-refractivity contribution in [3.63, 3.8) is 0 Å². The van der Waals surface area contributed by atoms with Crippen LogP contribution in [0.4, 0.5) is 5.69 Å². The Hall–Kier alpha value is -0.940. The van der Waals surface area contributed by atoms with Gasteiger partial charge in [0, 0.05) is 17.6 Å². The Morgan fingerprint density at radius 1 is 1.45 bits per heavy atom. The van der Waals surface area contributed by atoms with Gasteiger partial charge in [-0.1, -0.05) is 43.1 Å². The quantitative estimate of drug-likeness (QED) is 0.220. The van der Waals surface area contributed by atoms with Crippen molar-refractivity contribution in [2.45, 2.75) is 33.1 Å². The van der Waals surface area contributed by atoms with E-state index in [-0.39, 0.29) is 11.3 Å². The molecule has 4 N–H and O–H groups in total. The number of oxime groups is 1. The summed E-state index contributed by atoms with van der Waals surface area (Å²) in [6.07, 6.45) is 2.87. The fourth-order valence-electron chi connectivity index (χ4n) is 1.82. The number of hydrogen-bond donors (Lipinski definition) is 3. The van der Waals surface area contributed by atoms with Crippen molar-refractivity contribution < 1.29 is 5.21 Å². The van der Waals surface area contributed by atoms with Gasteiger partial charge in [-0.15, -0.1) is 0 Å². The highest BCUT2D eigenvalue weighted by molar-refractivity contribution is 9.10. The second-order valence-electron chi connectivity index (χ2n) is 5.35. The van der Waals surface area contributed by atoms with E-state index >= 15 is 0 Å². The van der Waals surface area contributed by atoms with Crippen LogP contribution >= 0.6 is 27.5 Å². The highest BCUT2D eigenvalue weighted by Gasteiger charge is 2.22. The largest absolute Gasteiger partial charge is 0.409 e. The van der Waals surface area contributed by atoms with Crippen molar-refractivity contribution in [1.82, 2.24) is 0 Å². The van der Waals surface area contributed by atoms with Gasteiger partial charge in [0.15, 0.2) is 0 Å². The van der Waals surface area contributed by atoms with Crippen LogP contribution in [-0.2, 0) is 0 Å². The van der Waals surface area contributed by atoms with Crippen LogP contribution in [0.15, 0.2) is 27.8 Å². The van der Waals surface area contributed by atoms with Crippen molar-refractivity contribution >= 4 is 39.1 Å². The first kappa shape index (κ1) is 17.1. The number of nitrogens with zero attached hydrogens (tertiary/aromatic N) is 1. The number of benzene rings is 1. The van der Waals surface area contributed by atoms with Crippen LogP contribution in [0.2, 0.25) is 5.02 Å². The molecule has 0 aliphatic heterocycles. The van der Waals surface area contributed by atoms with E-state index in [1.807, 2.05) is 32.0 Å². The summed E-state index contributed by atoms with van der Waals surface area (Å²) < 4.78 is 0.888. The first-order valence-corrected chi connectivity index (χ1v) is 7.71. The zero-order valence-electron chi connectivity index (χ0n) is 11.8. The number of nitrogens with one attached hydrogen (secondary N) is 1. The van der Waals surface area contributed by atoms with E-state index in [2.05, 4.69) is 26.4 Å². The minimum atomic E-state index is -0.272. The molecular formula is C14H21BrClN3O. The summed E-state index contributed by atoms with van der Waals surface area (Å²) in [5.74, 6) is 0.281. The maximum absolute atomic E-state index is 8.71. The molecule has 0 heterocycles. The van der Waals surface area contributed by atoms with Crippen LogP contribution < -0.4 is 11.1 Å². The normalized spacial score (nSPS) is 12.5. The monoisotopic (exact) mass is 361 g/mol. The molecule has 112 valence electrons. The van der Waals surface area contributed by atoms with E-state index in [1.165, 1.54) is 0 Å². The molecule has 0 unspecified atom stereocenters. The number of halogens is 2. The van der Waals surface area contributed by atoms with E-state index in [0.717, 1.165) is 36.0 Å².